The third-order valence-electron chi connectivity index (χ3n) is 15.6. The topological polar surface area (TPSA) is 198 Å². The molecular formula is C88H73F13O11S11+2. The largest absolute Gasteiger partial charge is 0.744 e. The van der Waals surface area contributed by atoms with Crippen molar-refractivity contribution in [3.05, 3.63) is 373 Å². The first-order valence-electron chi connectivity index (χ1n) is 35.8. The first kappa shape index (κ1) is 101. The molecule has 0 amide bonds. The van der Waals surface area contributed by atoms with Crippen molar-refractivity contribution in [3.63, 3.8) is 0 Å². The second kappa shape index (κ2) is 50.2. The van der Waals surface area contributed by atoms with E-state index in [9.17, 15) is 87.8 Å². The van der Waals surface area contributed by atoms with Crippen LogP contribution in [0.3, 0.4) is 0 Å². The first-order valence-corrected chi connectivity index (χ1v) is 47.5. The molecule has 1 saturated heterocycles. The number of Topliss-reactive ketones (excluding diaryl/α,β-unsaturated/α-hetero) is 1. The average molecular weight is 1910 g/mol. The molecule has 13 aromatic rings. The first-order chi connectivity index (χ1) is 58.4. The minimum atomic E-state index is -6.09. The summed E-state index contributed by atoms with van der Waals surface area (Å²) in [6, 6.07) is 105. The average Bonchev–Trinajstić information content (AvgIpc) is 1.05. The molecule has 0 atom stereocenters. The number of rotatable bonds is 19. The van der Waals surface area contributed by atoms with Crippen LogP contribution in [0.4, 0.5) is 57.1 Å². The van der Waals surface area contributed by atoms with Crippen molar-refractivity contribution >= 4 is 130 Å². The molecule has 123 heavy (non-hydrogen) atoms. The summed E-state index contributed by atoms with van der Waals surface area (Å²) in [4.78, 5) is 23.7. The highest BCUT2D eigenvalue weighted by Crippen LogP contribution is 2.32. The fraction of sp³-hybridized carbons (Fsp3) is 0.102. The van der Waals surface area contributed by atoms with Gasteiger partial charge in [-0.2, -0.15) is 13.2 Å². The van der Waals surface area contributed by atoms with Crippen LogP contribution in [0.25, 0.3) is 0 Å². The van der Waals surface area contributed by atoms with Gasteiger partial charge < -0.3 is 18.4 Å². The van der Waals surface area contributed by atoms with Crippen LogP contribution in [-0.2, 0) is 88.3 Å². The van der Waals surface area contributed by atoms with Gasteiger partial charge in [-0.05, 0) is 207 Å². The van der Waals surface area contributed by atoms with Crippen molar-refractivity contribution in [2.45, 2.75) is 106 Å². The molecule has 0 radical (unpaired) electrons. The van der Waals surface area contributed by atoms with Crippen LogP contribution in [-0.4, -0.2) is 74.1 Å². The summed E-state index contributed by atoms with van der Waals surface area (Å²) in [7, 11) is -17.2. The van der Waals surface area contributed by atoms with E-state index in [2.05, 4.69) is 250 Å². The molecule has 14 rings (SSSR count). The molecule has 0 N–H and O–H groups in total. The van der Waals surface area contributed by atoms with E-state index in [4.69, 9.17) is 17.7 Å². The second-order valence-corrected chi connectivity index (χ2v) is 39.0. The molecule has 0 aromatic heterocycles. The molecule has 0 saturated carbocycles. The summed E-state index contributed by atoms with van der Waals surface area (Å²) >= 11 is 12.9. The monoisotopic (exact) mass is 1900 g/mol. The Morgan fingerprint density at radius 1 is 0.374 bits per heavy atom. The van der Waals surface area contributed by atoms with Crippen LogP contribution in [0, 0.1) is 65.1 Å². The summed E-state index contributed by atoms with van der Waals surface area (Å²) in [5, 5.41) is 0. The zero-order valence-electron chi connectivity index (χ0n) is 64.2. The van der Waals surface area contributed by atoms with Crippen molar-refractivity contribution in [2.75, 3.05) is 23.9 Å². The molecule has 0 unspecified atom stereocenters. The molecule has 1 heterocycles. The van der Waals surface area contributed by atoms with Gasteiger partial charge in [-0.1, -0.05) is 163 Å². The Labute approximate surface area is 737 Å². The molecule has 35 heteroatoms. The predicted molar refractivity (Wildman–Crippen MR) is 463 cm³/mol. The maximum Gasteiger partial charge on any atom is 0.485 e. The number of halogens is 13. The number of ether oxygens (including phenoxy) is 1. The third kappa shape index (κ3) is 34.8. The predicted octanol–water partition coefficient (Wildman–Crippen LogP) is 21.9. The van der Waals surface area contributed by atoms with Crippen LogP contribution in [0.5, 0.6) is 5.75 Å². The van der Waals surface area contributed by atoms with Crippen molar-refractivity contribution in [2.24, 2.45) is 0 Å². The Morgan fingerprint density at radius 3 is 0.902 bits per heavy atom. The normalized spacial score (nSPS) is 11.7. The maximum absolute atomic E-state index is 12.6. The number of ketones is 1. The highest BCUT2D eigenvalue weighted by Gasteiger charge is 2.37. The van der Waals surface area contributed by atoms with Crippen molar-refractivity contribution in [3.8, 4) is 5.75 Å². The van der Waals surface area contributed by atoms with E-state index < -0.39 is 104 Å². The Hall–Kier alpha value is -9.05. The van der Waals surface area contributed by atoms with Gasteiger partial charge in [-0.3, -0.25) is 4.79 Å². The fourth-order valence-corrected chi connectivity index (χ4v) is 18.8. The summed E-state index contributed by atoms with van der Waals surface area (Å²) in [5.41, 5.74) is -3.46. The molecule has 0 aliphatic carbocycles. The van der Waals surface area contributed by atoms with E-state index in [-0.39, 0.29) is 0 Å². The molecule has 1 aliphatic rings. The standard InChI is InChI=1S/2C18H14S2.C15H16OS.C12H15OS.C12H10S2.2C6HF5O3S.CHF3O3S/c2*1-3-7-15(8-4-1)19-17-11-13-18(14-12-17)20-16-9-5-2-6-10-16;1-3-16-13-6-10-15(11-7-13)17-14-8-4-12(2)5-9-14;13-12(10-14-8-4-5-9-14)11-6-2-1-3-7-11;13-10-6-8-12(9-7-10)14-11-4-2-1-3-5-11;2*7-1-2(8)4(10)6(15(12,13)14)5(11)3(1)9;2-1(3,4)8(5,6)7/h2*1-14H;4-11H,3H2,1-2H3;1-3,6-7H,4-5,8-10H2;1-9,13H;2*(H,12,13,14);(H,5,6,7)/q;;;+1;;;;/p+1. The van der Waals surface area contributed by atoms with Gasteiger partial charge in [-0.25, -0.2) is 69.2 Å². The Morgan fingerprint density at radius 2 is 0.618 bits per heavy atom. The maximum atomic E-state index is 12.6. The van der Waals surface area contributed by atoms with Crippen LogP contribution >= 0.6 is 36.2 Å². The van der Waals surface area contributed by atoms with Crippen molar-refractivity contribution in [1.29, 1.82) is 0 Å². The zero-order chi connectivity index (χ0) is 89.9. The van der Waals surface area contributed by atoms with Gasteiger partial charge in [0.15, 0.2) is 102 Å². The number of carbonyl (C=O) groups is 1. The summed E-state index contributed by atoms with van der Waals surface area (Å²) in [5.74, 6) is -21.0. The third-order valence-corrected chi connectivity index (χ3v) is 27.1. The van der Waals surface area contributed by atoms with Gasteiger partial charge >= 0.3 is 5.51 Å². The van der Waals surface area contributed by atoms with E-state index in [1.54, 1.807) is 23.5 Å². The van der Waals surface area contributed by atoms with Gasteiger partial charge in [0.2, 0.25) is 17.4 Å². The van der Waals surface area contributed by atoms with Gasteiger partial charge in [0.25, 0.3) is 0 Å². The van der Waals surface area contributed by atoms with Gasteiger partial charge in [-0.15, -0.1) is 12.6 Å². The summed E-state index contributed by atoms with van der Waals surface area (Å²) in [6.45, 7) is 4.82. The molecular weight excluding hydrogens is 1830 g/mol. The van der Waals surface area contributed by atoms with Crippen LogP contribution in [0.15, 0.2) is 377 Å². The van der Waals surface area contributed by atoms with E-state index in [0.29, 0.717) is 16.7 Å². The summed E-state index contributed by atoms with van der Waals surface area (Å²) < 4.78 is 250. The van der Waals surface area contributed by atoms with E-state index in [0.717, 1.165) is 28.6 Å². The minimum Gasteiger partial charge on any atom is -0.744 e. The van der Waals surface area contributed by atoms with E-state index in [1.165, 1.54) is 136 Å². The Kier molecular flexibility index (Phi) is 41.2. The van der Waals surface area contributed by atoms with E-state index >= 15 is 0 Å². The molecule has 13 aromatic carbocycles. The number of hydrogen-bond donors (Lipinski definition) is 1. The highest BCUT2D eigenvalue weighted by atomic mass is 32.2. The van der Waals surface area contributed by atoms with Gasteiger partial charge in [0, 0.05) is 77.1 Å². The molecule has 0 bridgehead atoms. The number of aryl methyl sites for hydroxylation is 1. The van der Waals surface area contributed by atoms with Crippen molar-refractivity contribution < 1.29 is 106 Å². The lowest BCUT2D eigenvalue weighted by molar-refractivity contribution is -0.0518. The number of alkyl halides is 3. The minimum absolute atomic E-state index is 0.329. The lowest BCUT2D eigenvalue weighted by atomic mass is 10.2. The van der Waals surface area contributed by atoms with Gasteiger partial charge in [0.1, 0.15) is 47.3 Å². The SMILES string of the molecule is CCOc1ccc([SH+]c2ccc(C)cc2)cc1.O=C(C[S+]1CCCC1)c1ccccc1.O=S(=O)([O-])C(F)(F)F.O=S(=O)([O-])c1c(F)c(F)c(F)c(F)c1F.O=S(=O)([O-])c1c(F)c(F)c(F)c(F)c1F.Sc1ccc([SH+]c2ccccc2)cc1.c1ccc(Sc2ccc([SH+]c3ccccc3)cc2)cc1.c1ccc(Sc2ccc([SH+]c3ccccc3)cc2)cc1. The molecule has 11 nitrogen and oxygen atoms in total. The lowest BCUT2D eigenvalue weighted by Crippen LogP contribution is -2.21. The smallest absolute Gasteiger partial charge is 0.485 e. The van der Waals surface area contributed by atoms with Crippen LogP contribution < -0.4 is 4.74 Å². The van der Waals surface area contributed by atoms with Crippen LogP contribution in [0.2, 0.25) is 0 Å². The molecule has 646 valence electrons. The molecule has 0 spiro atoms. The lowest BCUT2D eigenvalue weighted by Gasteiger charge is -2.10. The van der Waals surface area contributed by atoms with Crippen molar-refractivity contribution in [1.82, 2.24) is 0 Å². The molecule has 1 aliphatic heterocycles. The quantitative estimate of drug-likeness (QED) is 0.0117. The Balaban J connectivity index is 0.000000195. The highest BCUT2D eigenvalue weighted by molar-refractivity contribution is 7.99. The second-order valence-electron chi connectivity index (χ2n) is 24.8. The summed E-state index contributed by atoms with van der Waals surface area (Å²) in [6.07, 6.45) is 2.65. The number of carbonyl (C=O) groups excluding carboxylic acids is 1. The molecule has 1 fully saturated rings. The Bertz CT molecular complexity index is 5430. The fourth-order valence-electron chi connectivity index (χ4n) is 9.82. The van der Waals surface area contributed by atoms with E-state index in [1.807, 2.05) is 79.7 Å². The number of benzene rings is 13. The zero-order valence-corrected chi connectivity index (χ0v) is 73.6. The van der Waals surface area contributed by atoms with Gasteiger partial charge in [0.05, 0.1) is 6.61 Å². The number of thiol groups is 5. The number of hydrogen-bond acceptors (Lipinski definition) is 14. The van der Waals surface area contributed by atoms with Crippen LogP contribution in [0.1, 0.15) is 35.7 Å².